The van der Waals surface area contributed by atoms with Crippen molar-refractivity contribution in [2.75, 3.05) is 31.3 Å². The van der Waals surface area contributed by atoms with Gasteiger partial charge in [0.1, 0.15) is 0 Å². The highest BCUT2D eigenvalue weighted by Gasteiger charge is 2.06. The van der Waals surface area contributed by atoms with Crippen LogP contribution >= 0.6 is 0 Å². The van der Waals surface area contributed by atoms with Gasteiger partial charge in [-0.1, -0.05) is 37.3 Å². The average molecular weight is 362 g/mol. The molecule has 0 aliphatic carbocycles. The maximum absolute atomic E-state index is 12.0. The number of para-hydroxylation sites is 1. The van der Waals surface area contributed by atoms with E-state index in [1.165, 1.54) is 0 Å². The van der Waals surface area contributed by atoms with E-state index in [9.17, 15) is 4.79 Å². The number of nitrogens with zero attached hydrogens (tertiary/aromatic N) is 2. The minimum Gasteiger partial charge on any atom is -0.380 e. The number of hydrogen-bond acceptors (Lipinski definition) is 4. The summed E-state index contributed by atoms with van der Waals surface area (Å²) >= 11 is 0. The minimum atomic E-state index is -0.0159. The van der Waals surface area contributed by atoms with Gasteiger partial charge in [-0.2, -0.15) is 0 Å². The molecule has 0 fully saturated rings. The molecular weight excluding hydrogens is 336 g/mol. The van der Waals surface area contributed by atoms with Crippen molar-refractivity contribution in [2.24, 2.45) is 0 Å². The van der Waals surface area contributed by atoms with Gasteiger partial charge in [-0.15, -0.1) is 0 Å². The van der Waals surface area contributed by atoms with Gasteiger partial charge in [0, 0.05) is 29.0 Å². The topological polar surface area (TPSA) is 57.3 Å². The van der Waals surface area contributed by atoms with Gasteiger partial charge in [0.15, 0.2) is 0 Å². The molecule has 0 atom stereocenters. The fourth-order valence-electron chi connectivity index (χ4n) is 3.00. The Morgan fingerprint density at radius 3 is 2.67 bits per heavy atom. The van der Waals surface area contributed by atoms with E-state index in [1.54, 1.807) is 0 Å². The van der Waals surface area contributed by atoms with Crippen molar-refractivity contribution in [3.63, 3.8) is 0 Å². The lowest BCUT2D eigenvalue weighted by Crippen LogP contribution is -2.27. The van der Waals surface area contributed by atoms with E-state index < -0.39 is 0 Å². The van der Waals surface area contributed by atoms with Crippen LogP contribution in [0.15, 0.2) is 54.6 Å². The maximum Gasteiger partial charge on any atom is 0.238 e. The molecule has 2 aromatic carbocycles. The van der Waals surface area contributed by atoms with E-state index in [2.05, 4.69) is 40.7 Å². The Bertz CT molecular complexity index is 936. The molecule has 1 heterocycles. The average Bonchev–Trinajstić information content (AvgIpc) is 2.65. The number of nitrogens with one attached hydrogen (secondary N) is 2. The molecule has 27 heavy (non-hydrogen) atoms. The summed E-state index contributed by atoms with van der Waals surface area (Å²) in [4.78, 5) is 18.5. The molecule has 0 unspecified atom stereocenters. The van der Waals surface area contributed by atoms with Gasteiger partial charge in [-0.05, 0) is 50.3 Å². The zero-order valence-electron chi connectivity index (χ0n) is 16.1. The predicted octanol–water partition coefficient (Wildman–Crippen LogP) is 3.91. The fourth-order valence-corrected chi connectivity index (χ4v) is 3.00. The molecule has 1 aromatic heterocycles. The van der Waals surface area contributed by atoms with Gasteiger partial charge < -0.3 is 15.5 Å². The highest BCUT2D eigenvalue weighted by atomic mass is 16.2. The number of hydrogen-bond donors (Lipinski definition) is 2. The summed E-state index contributed by atoms with van der Waals surface area (Å²) in [6.07, 6.45) is 0.896. The molecule has 0 saturated heterocycles. The van der Waals surface area contributed by atoms with Crippen LogP contribution in [0.25, 0.3) is 10.9 Å². The first-order valence-corrected chi connectivity index (χ1v) is 9.21. The first-order valence-electron chi connectivity index (χ1n) is 9.21. The number of rotatable bonds is 7. The van der Waals surface area contributed by atoms with Crippen LogP contribution < -0.4 is 10.6 Å². The van der Waals surface area contributed by atoms with Crippen LogP contribution in [-0.4, -0.2) is 36.4 Å². The summed E-state index contributed by atoms with van der Waals surface area (Å²) in [7, 11) is 3.76. The molecule has 0 spiro atoms. The number of amides is 1. The molecule has 0 aliphatic heterocycles. The van der Waals surface area contributed by atoms with Crippen molar-refractivity contribution >= 4 is 28.2 Å². The highest BCUT2D eigenvalue weighted by Crippen LogP contribution is 2.24. The third-order valence-electron chi connectivity index (χ3n) is 4.29. The van der Waals surface area contributed by atoms with E-state index in [0.29, 0.717) is 13.1 Å². The van der Waals surface area contributed by atoms with Crippen molar-refractivity contribution in [2.45, 2.75) is 19.9 Å². The molecular formula is C22H26N4O. The molecule has 0 aliphatic rings. The normalized spacial score (nSPS) is 11.0. The monoisotopic (exact) mass is 362 g/mol. The van der Waals surface area contributed by atoms with Crippen LogP contribution in [0.4, 0.5) is 11.4 Å². The quantitative estimate of drug-likeness (QED) is 0.669. The van der Waals surface area contributed by atoms with Gasteiger partial charge in [0.25, 0.3) is 0 Å². The second-order valence-corrected chi connectivity index (χ2v) is 6.87. The molecule has 1 amide bonds. The molecule has 3 aromatic rings. The molecule has 2 N–H and O–H groups in total. The van der Waals surface area contributed by atoms with E-state index in [1.807, 2.05) is 55.4 Å². The lowest BCUT2D eigenvalue weighted by atomic mass is 10.1. The SMILES string of the molecule is CCc1cc(NCc2cccc(NC(=O)CN(C)C)c2)c2ccccc2n1. The second-order valence-electron chi connectivity index (χ2n) is 6.87. The molecule has 5 heteroatoms. The van der Waals surface area contributed by atoms with E-state index in [-0.39, 0.29) is 5.91 Å². The fraction of sp³-hybridized carbons (Fsp3) is 0.273. The summed E-state index contributed by atoms with van der Waals surface area (Å²) in [5.74, 6) is -0.0159. The van der Waals surface area contributed by atoms with E-state index >= 15 is 0 Å². The summed E-state index contributed by atoms with van der Waals surface area (Å²) in [6.45, 7) is 3.15. The Hall–Kier alpha value is -2.92. The van der Waals surface area contributed by atoms with Gasteiger partial charge in [-0.25, -0.2) is 0 Å². The lowest BCUT2D eigenvalue weighted by Gasteiger charge is -2.13. The van der Waals surface area contributed by atoms with Crippen LogP contribution in [-0.2, 0) is 17.8 Å². The number of carbonyl (C=O) groups excluding carboxylic acids is 1. The van der Waals surface area contributed by atoms with Gasteiger partial charge in [0.05, 0.1) is 12.1 Å². The van der Waals surface area contributed by atoms with Crippen molar-refractivity contribution in [3.8, 4) is 0 Å². The zero-order chi connectivity index (χ0) is 19.2. The second kappa shape index (κ2) is 8.64. The van der Waals surface area contributed by atoms with Crippen LogP contribution in [0.5, 0.6) is 0 Å². The third-order valence-corrected chi connectivity index (χ3v) is 4.29. The number of pyridine rings is 1. The minimum absolute atomic E-state index is 0.0159. The number of anilines is 2. The summed E-state index contributed by atoms with van der Waals surface area (Å²) in [5.41, 5.74) is 5.08. The van der Waals surface area contributed by atoms with Crippen LogP contribution in [0.2, 0.25) is 0 Å². The van der Waals surface area contributed by atoms with E-state index in [4.69, 9.17) is 0 Å². The Labute approximate surface area is 160 Å². The van der Waals surface area contributed by atoms with Crippen LogP contribution in [0.3, 0.4) is 0 Å². The number of aromatic nitrogens is 1. The number of likely N-dealkylation sites (N-methyl/N-ethyl adjacent to an activating group) is 1. The van der Waals surface area contributed by atoms with Crippen molar-refractivity contribution < 1.29 is 4.79 Å². The highest BCUT2D eigenvalue weighted by molar-refractivity contribution is 5.92. The Morgan fingerprint density at radius 2 is 1.89 bits per heavy atom. The summed E-state index contributed by atoms with van der Waals surface area (Å²) < 4.78 is 0. The third kappa shape index (κ3) is 5.05. The molecule has 0 bridgehead atoms. The summed E-state index contributed by atoms with van der Waals surface area (Å²) in [5, 5.41) is 7.59. The number of aryl methyl sites for hydroxylation is 1. The zero-order valence-corrected chi connectivity index (χ0v) is 16.1. The largest absolute Gasteiger partial charge is 0.380 e. The molecule has 0 saturated carbocycles. The molecule has 140 valence electrons. The number of benzene rings is 2. The van der Waals surface area contributed by atoms with Crippen molar-refractivity contribution in [1.29, 1.82) is 0 Å². The molecule has 3 rings (SSSR count). The van der Waals surface area contributed by atoms with Crippen molar-refractivity contribution in [1.82, 2.24) is 9.88 Å². The first-order chi connectivity index (χ1) is 13.0. The lowest BCUT2D eigenvalue weighted by molar-refractivity contribution is -0.116. The standard InChI is InChI=1S/C22H26N4O/c1-4-17-13-21(19-10-5-6-11-20(19)24-17)23-14-16-8-7-9-18(12-16)25-22(27)15-26(2)3/h5-13H,4,14-15H2,1-3H3,(H,23,24)(H,25,27). The van der Waals surface area contributed by atoms with Crippen LogP contribution in [0.1, 0.15) is 18.2 Å². The number of carbonyl (C=O) groups is 1. The Morgan fingerprint density at radius 1 is 1.07 bits per heavy atom. The number of fused-ring (bicyclic) bond motifs is 1. The van der Waals surface area contributed by atoms with Crippen molar-refractivity contribution in [3.05, 3.63) is 65.9 Å². The van der Waals surface area contributed by atoms with Gasteiger partial charge >= 0.3 is 0 Å². The van der Waals surface area contributed by atoms with Crippen LogP contribution in [0, 0.1) is 0 Å². The Balaban J connectivity index is 1.75. The van der Waals surface area contributed by atoms with E-state index in [0.717, 1.165) is 40.0 Å². The first kappa shape index (κ1) is 18.9. The molecule has 0 radical (unpaired) electrons. The Kier molecular flexibility index (Phi) is 6.04. The smallest absolute Gasteiger partial charge is 0.238 e. The van der Waals surface area contributed by atoms with Gasteiger partial charge in [0.2, 0.25) is 5.91 Å². The predicted molar refractivity (Wildman–Crippen MR) is 112 cm³/mol. The molecule has 5 nitrogen and oxygen atoms in total. The maximum atomic E-state index is 12.0. The summed E-state index contributed by atoms with van der Waals surface area (Å²) in [6, 6.07) is 18.2. The van der Waals surface area contributed by atoms with Gasteiger partial charge in [-0.3, -0.25) is 9.78 Å².